The highest BCUT2D eigenvalue weighted by atomic mass is 28.4. The average Bonchev–Trinajstić information content (AvgIpc) is 3.32. The molecule has 2 amide bonds. The summed E-state index contributed by atoms with van der Waals surface area (Å²) in [4.78, 5) is 49.3. The second-order valence-electron chi connectivity index (χ2n) is 11.8. The molecule has 234 valence electrons. The van der Waals surface area contributed by atoms with E-state index in [2.05, 4.69) is 31.4 Å². The van der Waals surface area contributed by atoms with E-state index < -0.39 is 75.2 Å². The van der Waals surface area contributed by atoms with Gasteiger partial charge in [0.1, 0.15) is 31.5 Å². The van der Waals surface area contributed by atoms with Gasteiger partial charge in [-0.15, -0.1) is 0 Å². The Hall–Kier alpha value is -3.20. The summed E-state index contributed by atoms with van der Waals surface area (Å²) in [6.07, 6.45) is -6.22. The van der Waals surface area contributed by atoms with Crippen molar-refractivity contribution in [2.75, 3.05) is 13.7 Å². The maximum absolute atomic E-state index is 12.6. The van der Waals surface area contributed by atoms with Gasteiger partial charge in [0.15, 0.2) is 26.8 Å². The maximum Gasteiger partial charge on any atom is 0.408 e. The summed E-state index contributed by atoms with van der Waals surface area (Å²) in [5.41, 5.74) is 0.762. The second-order valence-corrected chi connectivity index (χ2v) is 16.5. The first-order chi connectivity index (χ1) is 19.6. The normalized spacial score (nSPS) is 25.2. The molecule has 14 heteroatoms. The first kappa shape index (κ1) is 33.3. The maximum atomic E-state index is 12.6. The Balaban J connectivity index is 1.79. The molecule has 2 aliphatic rings. The van der Waals surface area contributed by atoms with Gasteiger partial charge < -0.3 is 43.5 Å². The molecule has 1 aromatic rings. The molecule has 0 bridgehead atoms. The lowest BCUT2D eigenvalue weighted by Crippen LogP contribution is -2.65. The highest BCUT2D eigenvalue weighted by Crippen LogP contribution is 2.41. The number of esters is 2. The molecule has 2 saturated heterocycles. The number of benzene rings is 1. The van der Waals surface area contributed by atoms with E-state index in [1.165, 1.54) is 21.0 Å². The SMILES string of the molecule is COC(=O)[C@@H](NC(=O)OCc1ccccc1)[C@@H](C)O[C@H]1O[C@H](COC(C)=O)[C@@H](O[Si](C)(C)C(C)(C)C)[C@@H]2OC(=O)N[C@@H]12. The predicted molar refractivity (Wildman–Crippen MR) is 151 cm³/mol. The Morgan fingerprint density at radius 3 is 2.38 bits per heavy atom. The number of methoxy groups -OCH3 is 1. The number of fused-ring (bicyclic) bond motifs is 1. The third-order valence-electron chi connectivity index (χ3n) is 7.62. The standard InChI is InChI=1S/C28H42N2O11Si/c1-16(20(24(32)35-6)29-26(33)37-14-18-12-10-9-11-13-18)38-25-21-23(40-27(34)30-21)22(19(39-25)15-36-17(2)31)41-42(7,8)28(3,4)5/h9-13,16,19-23,25H,14-15H2,1-8H3,(H,29,33)(H,30,34)/t16-,19-,20+,21-,22-,23-,25+/m1/s1. The Morgan fingerprint density at radius 2 is 1.79 bits per heavy atom. The fourth-order valence-corrected chi connectivity index (χ4v) is 5.60. The highest BCUT2D eigenvalue weighted by molar-refractivity contribution is 6.74. The summed E-state index contributed by atoms with van der Waals surface area (Å²) in [6.45, 7) is 12.9. The lowest BCUT2D eigenvalue weighted by atomic mass is 9.97. The third-order valence-corrected chi connectivity index (χ3v) is 12.1. The lowest BCUT2D eigenvalue weighted by molar-refractivity contribution is -0.270. The van der Waals surface area contributed by atoms with E-state index in [9.17, 15) is 19.2 Å². The van der Waals surface area contributed by atoms with Crippen LogP contribution in [-0.2, 0) is 49.0 Å². The lowest BCUT2D eigenvalue weighted by Gasteiger charge is -2.47. The average molecular weight is 611 g/mol. The molecule has 0 aromatic heterocycles. The fourth-order valence-electron chi connectivity index (χ4n) is 4.28. The molecular weight excluding hydrogens is 568 g/mol. The van der Waals surface area contributed by atoms with Crippen molar-refractivity contribution in [2.24, 2.45) is 0 Å². The highest BCUT2D eigenvalue weighted by Gasteiger charge is 2.56. The molecule has 0 aliphatic carbocycles. The number of rotatable bonds is 11. The van der Waals surface area contributed by atoms with Crippen LogP contribution in [0, 0.1) is 0 Å². The second kappa shape index (κ2) is 13.8. The van der Waals surface area contributed by atoms with Crippen molar-refractivity contribution in [1.29, 1.82) is 0 Å². The van der Waals surface area contributed by atoms with Crippen molar-refractivity contribution in [3.63, 3.8) is 0 Å². The molecule has 0 spiro atoms. The summed E-state index contributed by atoms with van der Waals surface area (Å²) in [5, 5.41) is 5.00. The van der Waals surface area contributed by atoms with Gasteiger partial charge in [-0.25, -0.2) is 14.4 Å². The molecule has 0 saturated carbocycles. The van der Waals surface area contributed by atoms with Crippen molar-refractivity contribution >= 4 is 32.4 Å². The van der Waals surface area contributed by atoms with Crippen LogP contribution in [0.15, 0.2) is 30.3 Å². The molecular formula is C28H42N2O11Si. The van der Waals surface area contributed by atoms with E-state index in [1.807, 2.05) is 31.3 Å². The van der Waals surface area contributed by atoms with Gasteiger partial charge in [-0.1, -0.05) is 51.1 Å². The number of hydrogen-bond donors (Lipinski definition) is 2. The zero-order valence-electron chi connectivity index (χ0n) is 25.3. The largest absolute Gasteiger partial charge is 0.467 e. The number of hydrogen-bond acceptors (Lipinski definition) is 11. The number of ether oxygens (including phenoxy) is 6. The van der Waals surface area contributed by atoms with Crippen LogP contribution in [0.25, 0.3) is 0 Å². The van der Waals surface area contributed by atoms with E-state index in [0.29, 0.717) is 0 Å². The van der Waals surface area contributed by atoms with Gasteiger partial charge in [0.05, 0.1) is 13.2 Å². The first-order valence-electron chi connectivity index (χ1n) is 13.8. The predicted octanol–water partition coefficient (Wildman–Crippen LogP) is 3.01. The Kier molecular flexibility index (Phi) is 11.0. The first-order valence-corrected chi connectivity index (χ1v) is 16.7. The van der Waals surface area contributed by atoms with E-state index in [1.54, 1.807) is 12.1 Å². The van der Waals surface area contributed by atoms with Crippen molar-refractivity contribution in [2.45, 2.75) is 102 Å². The van der Waals surface area contributed by atoms with Crippen LogP contribution >= 0.6 is 0 Å². The van der Waals surface area contributed by atoms with E-state index in [4.69, 9.17) is 32.8 Å². The zero-order valence-corrected chi connectivity index (χ0v) is 26.3. The molecule has 2 fully saturated rings. The van der Waals surface area contributed by atoms with Crippen LogP contribution in [0.5, 0.6) is 0 Å². The Labute approximate surface area is 246 Å². The van der Waals surface area contributed by atoms with Gasteiger partial charge in [-0.3, -0.25) is 4.79 Å². The number of amides is 2. The van der Waals surface area contributed by atoms with Crippen molar-refractivity contribution < 1.29 is 52.0 Å². The van der Waals surface area contributed by atoms with Crippen LogP contribution < -0.4 is 10.6 Å². The minimum atomic E-state index is -2.42. The minimum Gasteiger partial charge on any atom is -0.467 e. The molecule has 0 unspecified atom stereocenters. The van der Waals surface area contributed by atoms with Gasteiger partial charge in [0, 0.05) is 6.92 Å². The van der Waals surface area contributed by atoms with E-state index in [-0.39, 0.29) is 18.3 Å². The van der Waals surface area contributed by atoms with Gasteiger partial charge in [-0.2, -0.15) is 0 Å². The summed E-state index contributed by atoms with van der Waals surface area (Å²) >= 11 is 0. The number of alkyl carbamates (subject to hydrolysis) is 2. The van der Waals surface area contributed by atoms with Crippen LogP contribution in [-0.4, -0.2) is 88.9 Å². The van der Waals surface area contributed by atoms with Gasteiger partial charge in [0.2, 0.25) is 0 Å². The van der Waals surface area contributed by atoms with E-state index in [0.717, 1.165) is 5.56 Å². The van der Waals surface area contributed by atoms with Gasteiger partial charge >= 0.3 is 24.1 Å². The van der Waals surface area contributed by atoms with Crippen LogP contribution in [0.4, 0.5) is 9.59 Å². The van der Waals surface area contributed by atoms with Gasteiger partial charge in [0.25, 0.3) is 0 Å². The molecule has 2 heterocycles. The Bertz CT molecular complexity index is 1110. The van der Waals surface area contributed by atoms with Crippen molar-refractivity contribution in [3.8, 4) is 0 Å². The quantitative estimate of drug-likeness (QED) is 0.216. The number of carbonyl (C=O) groups is 4. The Morgan fingerprint density at radius 1 is 1.12 bits per heavy atom. The fraction of sp³-hybridized carbons (Fsp3) is 0.643. The smallest absolute Gasteiger partial charge is 0.408 e. The summed E-state index contributed by atoms with van der Waals surface area (Å²) in [7, 11) is -1.24. The topological polar surface area (TPSA) is 157 Å². The monoisotopic (exact) mass is 610 g/mol. The third kappa shape index (κ3) is 8.43. The summed E-state index contributed by atoms with van der Waals surface area (Å²) in [6, 6.07) is 6.93. The van der Waals surface area contributed by atoms with Crippen LogP contribution in [0.1, 0.15) is 40.2 Å². The van der Waals surface area contributed by atoms with Crippen molar-refractivity contribution in [1.82, 2.24) is 10.6 Å². The molecule has 13 nitrogen and oxygen atoms in total. The van der Waals surface area contributed by atoms with Crippen molar-refractivity contribution in [3.05, 3.63) is 35.9 Å². The molecule has 1 aromatic carbocycles. The molecule has 0 radical (unpaired) electrons. The molecule has 2 aliphatic heterocycles. The van der Waals surface area contributed by atoms with Crippen LogP contribution in [0.3, 0.4) is 0 Å². The summed E-state index contributed by atoms with van der Waals surface area (Å²) < 4.78 is 40.0. The van der Waals surface area contributed by atoms with E-state index >= 15 is 0 Å². The van der Waals surface area contributed by atoms with Gasteiger partial charge in [-0.05, 0) is 30.6 Å². The molecule has 7 atom stereocenters. The molecule has 2 N–H and O–H groups in total. The molecule has 42 heavy (non-hydrogen) atoms. The van der Waals surface area contributed by atoms with Crippen LogP contribution in [0.2, 0.25) is 18.1 Å². The summed E-state index contributed by atoms with van der Waals surface area (Å²) in [5.74, 6) is -1.31. The number of carbonyl (C=O) groups excluding carboxylic acids is 4. The minimum absolute atomic E-state index is 0.0118. The molecule has 3 rings (SSSR count). The zero-order chi connectivity index (χ0) is 31.2. The number of nitrogens with one attached hydrogen (secondary N) is 2.